The first kappa shape index (κ1) is 15.9. The lowest BCUT2D eigenvalue weighted by molar-refractivity contribution is -0.117. The molecule has 0 spiro atoms. The molecule has 2 aliphatic rings. The average Bonchev–Trinajstić information content (AvgIpc) is 2.57. The third kappa shape index (κ3) is 3.26. The van der Waals surface area contributed by atoms with E-state index in [-0.39, 0.29) is 5.54 Å². The van der Waals surface area contributed by atoms with Gasteiger partial charge in [0.2, 0.25) is 0 Å². The maximum Gasteiger partial charge on any atom is 0.0645 e. The first-order valence-electron chi connectivity index (χ1n) is 9.28. The van der Waals surface area contributed by atoms with Crippen LogP contribution in [-0.4, -0.2) is 36.2 Å². The summed E-state index contributed by atoms with van der Waals surface area (Å²) in [6.07, 6.45) is 6.22. The average molecular weight is 321 g/mol. The summed E-state index contributed by atoms with van der Waals surface area (Å²) in [7, 11) is 0. The van der Waals surface area contributed by atoms with Crippen molar-refractivity contribution in [1.29, 1.82) is 0 Å². The Hall–Kier alpha value is -1.64. The van der Waals surface area contributed by atoms with Gasteiger partial charge in [-0.1, -0.05) is 67.1 Å². The fraction of sp³-hybridized carbons (Fsp3) is 0.455. The first-order valence-corrected chi connectivity index (χ1v) is 9.28. The van der Waals surface area contributed by atoms with Crippen molar-refractivity contribution in [2.24, 2.45) is 0 Å². The highest BCUT2D eigenvalue weighted by atomic mass is 16.5. The summed E-state index contributed by atoms with van der Waals surface area (Å²) in [6, 6.07) is 22.7. The van der Waals surface area contributed by atoms with Gasteiger partial charge in [0.1, 0.15) is 0 Å². The molecule has 0 bridgehead atoms. The minimum Gasteiger partial charge on any atom is -0.378 e. The van der Waals surface area contributed by atoms with Crippen LogP contribution in [-0.2, 0) is 17.6 Å². The fourth-order valence-electron chi connectivity index (χ4n) is 4.48. The van der Waals surface area contributed by atoms with Crippen LogP contribution in [0.5, 0.6) is 0 Å². The van der Waals surface area contributed by atoms with Crippen molar-refractivity contribution in [3.63, 3.8) is 0 Å². The van der Waals surface area contributed by atoms with E-state index < -0.39 is 0 Å². The zero-order valence-corrected chi connectivity index (χ0v) is 14.4. The predicted molar refractivity (Wildman–Crippen MR) is 98.2 cm³/mol. The van der Waals surface area contributed by atoms with Gasteiger partial charge in [-0.3, -0.25) is 4.90 Å². The number of nitrogens with zero attached hydrogens (tertiary/aromatic N) is 1. The molecular formula is C22H27NO. The van der Waals surface area contributed by atoms with Crippen LogP contribution >= 0.6 is 0 Å². The van der Waals surface area contributed by atoms with E-state index in [0.29, 0.717) is 6.04 Å². The summed E-state index contributed by atoms with van der Waals surface area (Å²) in [4.78, 5) is 2.79. The molecule has 2 saturated heterocycles. The number of hydrogen-bond acceptors (Lipinski definition) is 2. The van der Waals surface area contributed by atoms with Crippen LogP contribution in [0.15, 0.2) is 60.7 Å². The van der Waals surface area contributed by atoms with Gasteiger partial charge in [-0.2, -0.15) is 0 Å². The summed E-state index contributed by atoms with van der Waals surface area (Å²) in [5.74, 6) is 0. The molecule has 2 aromatic rings. The fourth-order valence-corrected chi connectivity index (χ4v) is 4.48. The topological polar surface area (TPSA) is 12.5 Å². The van der Waals surface area contributed by atoms with E-state index >= 15 is 0 Å². The molecule has 0 unspecified atom stereocenters. The Morgan fingerprint density at radius 3 is 1.92 bits per heavy atom. The van der Waals surface area contributed by atoms with Crippen molar-refractivity contribution in [2.75, 3.05) is 19.8 Å². The lowest BCUT2D eigenvalue weighted by Crippen LogP contribution is -2.63. The maximum absolute atomic E-state index is 5.54. The Morgan fingerprint density at radius 1 is 0.833 bits per heavy atom. The van der Waals surface area contributed by atoms with E-state index in [9.17, 15) is 0 Å². The van der Waals surface area contributed by atoms with Crippen molar-refractivity contribution in [3.05, 3.63) is 71.8 Å². The Bertz CT molecular complexity index is 594. The Morgan fingerprint density at radius 2 is 1.42 bits per heavy atom. The molecule has 2 aromatic carbocycles. The molecule has 24 heavy (non-hydrogen) atoms. The summed E-state index contributed by atoms with van der Waals surface area (Å²) in [5, 5.41) is 0. The third-order valence-electron chi connectivity index (χ3n) is 5.71. The van der Waals surface area contributed by atoms with E-state index in [1.165, 1.54) is 36.9 Å². The van der Waals surface area contributed by atoms with E-state index in [4.69, 9.17) is 4.74 Å². The molecule has 0 aliphatic carbocycles. The molecule has 126 valence electrons. The zero-order valence-electron chi connectivity index (χ0n) is 14.4. The van der Waals surface area contributed by atoms with E-state index in [2.05, 4.69) is 65.6 Å². The molecule has 2 heterocycles. The van der Waals surface area contributed by atoms with E-state index in [1.807, 2.05) is 0 Å². The van der Waals surface area contributed by atoms with Gasteiger partial charge in [-0.15, -0.1) is 0 Å². The number of rotatable bonds is 5. The van der Waals surface area contributed by atoms with Crippen LogP contribution in [0.2, 0.25) is 0 Å². The molecule has 0 saturated carbocycles. The summed E-state index contributed by atoms with van der Waals surface area (Å²) in [6.45, 7) is 3.03. The maximum atomic E-state index is 5.54. The van der Waals surface area contributed by atoms with Crippen LogP contribution in [0.25, 0.3) is 0 Å². The van der Waals surface area contributed by atoms with Gasteiger partial charge >= 0.3 is 0 Å². The van der Waals surface area contributed by atoms with Crippen molar-refractivity contribution < 1.29 is 4.74 Å². The Kier molecular flexibility index (Phi) is 4.68. The van der Waals surface area contributed by atoms with Gasteiger partial charge in [-0.05, 0) is 43.4 Å². The number of hydrogen-bond donors (Lipinski definition) is 0. The molecule has 0 aromatic heterocycles. The number of benzene rings is 2. The second kappa shape index (κ2) is 7.08. The molecule has 0 radical (unpaired) electrons. The highest BCUT2D eigenvalue weighted by Crippen LogP contribution is 2.37. The van der Waals surface area contributed by atoms with E-state index in [0.717, 1.165) is 26.1 Å². The lowest BCUT2D eigenvalue weighted by atomic mass is 9.76. The molecule has 2 aliphatic heterocycles. The number of likely N-dealkylation sites (tertiary alicyclic amines) is 1. The smallest absolute Gasteiger partial charge is 0.0645 e. The highest BCUT2D eigenvalue weighted by molar-refractivity contribution is 5.24. The van der Waals surface area contributed by atoms with Crippen LogP contribution in [0.4, 0.5) is 0 Å². The Balaban J connectivity index is 1.66. The number of piperidine rings is 1. The van der Waals surface area contributed by atoms with Crippen molar-refractivity contribution in [2.45, 2.75) is 43.7 Å². The Labute approximate surface area is 145 Å². The van der Waals surface area contributed by atoms with Gasteiger partial charge in [0.15, 0.2) is 0 Å². The van der Waals surface area contributed by atoms with Gasteiger partial charge < -0.3 is 4.74 Å². The van der Waals surface area contributed by atoms with Gasteiger partial charge in [0.25, 0.3) is 0 Å². The molecule has 0 amide bonds. The van der Waals surface area contributed by atoms with Crippen molar-refractivity contribution in [3.8, 4) is 0 Å². The molecule has 2 nitrogen and oxygen atoms in total. The standard InChI is InChI=1S/C22H27NO/c1-3-9-19(10-4-1)15-22(16-20-11-5-2-6-12-20)13-7-8-14-23(22)21-17-24-18-21/h1-6,9-12,21H,7-8,13-18H2. The van der Waals surface area contributed by atoms with Gasteiger partial charge in [0, 0.05) is 5.54 Å². The first-order chi connectivity index (χ1) is 11.9. The molecule has 2 heteroatoms. The summed E-state index contributed by atoms with van der Waals surface area (Å²) < 4.78 is 5.54. The van der Waals surface area contributed by atoms with Gasteiger partial charge in [0.05, 0.1) is 19.3 Å². The van der Waals surface area contributed by atoms with E-state index in [1.54, 1.807) is 0 Å². The second-order valence-corrected chi connectivity index (χ2v) is 7.39. The van der Waals surface area contributed by atoms with Crippen molar-refractivity contribution >= 4 is 0 Å². The summed E-state index contributed by atoms with van der Waals surface area (Å²) >= 11 is 0. The molecule has 4 rings (SSSR count). The minimum atomic E-state index is 0.232. The van der Waals surface area contributed by atoms with Gasteiger partial charge in [-0.25, -0.2) is 0 Å². The number of ether oxygens (including phenoxy) is 1. The van der Waals surface area contributed by atoms with Crippen molar-refractivity contribution in [1.82, 2.24) is 4.90 Å². The normalized spacial score (nSPS) is 21.3. The minimum absolute atomic E-state index is 0.232. The quantitative estimate of drug-likeness (QED) is 0.822. The molecule has 2 fully saturated rings. The second-order valence-electron chi connectivity index (χ2n) is 7.39. The predicted octanol–water partition coefficient (Wildman–Crippen LogP) is 4.10. The van der Waals surface area contributed by atoms with Crippen LogP contribution in [0.1, 0.15) is 30.4 Å². The zero-order chi connectivity index (χ0) is 16.2. The molecule has 0 atom stereocenters. The highest BCUT2D eigenvalue weighted by Gasteiger charge is 2.44. The van der Waals surface area contributed by atoms with Crippen LogP contribution in [0, 0.1) is 0 Å². The lowest BCUT2D eigenvalue weighted by Gasteiger charge is -2.53. The molecular weight excluding hydrogens is 294 g/mol. The monoisotopic (exact) mass is 321 g/mol. The SMILES string of the molecule is c1ccc(CC2(Cc3ccccc3)CCCCN2C2COC2)cc1. The largest absolute Gasteiger partial charge is 0.378 e. The third-order valence-corrected chi connectivity index (χ3v) is 5.71. The van der Waals surface area contributed by atoms with Crippen LogP contribution in [0.3, 0.4) is 0 Å². The van der Waals surface area contributed by atoms with Crippen LogP contribution < -0.4 is 0 Å². The molecule has 0 N–H and O–H groups in total. The summed E-state index contributed by atoms with van der Waals surface area (Å²) in [5.41, 5.74) is 3.15.